The summed E-state index contributed by atoms with van der Waals surface area (Å²) in [5, 5.41) is 2.81. The maximum absolute atomic E-state index is 12.0. The standard InChI is InChI=1S/C18H23N3O3/c1-3-4-15(19)18(22)21-14-5-6-16(23-2)17(11-14)24-12-13-7-9-20-10-8-13/h5-11,15H,3-4,12,19H2,1-2H3,(H,21,22). The first-order valence-corrected chi connectivity index (χ1v) is 7.90. The molecule has 0 aliphatic rings. The fourth-order valence-corrected chi connectivity index (χ4v) is 2.18. The van der Waals surface area contributed by atoms with Crippen LogP contribution in [0.25, 0.3) is 0 Å². The summed E-state index contributed by atoms with van der Waals surface area (Å²) in [6, 6.07) is 8.48. The van der Waals surface area contributed by atoms with Crippen LogP contribution in [0.15, 0.2) is 42.7 Å². The smallest absolute Gasteiger partial charge is 0.241 e. The molecule has 6 heteroatoms. The molecule has 0 saturated heterocycles. The number of carbonyl (C=O) groups excluding carboxylic acids is 1. The molecule has 1 aromatic carbocycles. The number of rotatable bonds is 8. The van der Waals surface area contributed by atoms with Crippen LogP contribution in [-0.2, 0) is 11.4 Å². The van der Waals surface area contributed by atoms with Crippen molar-refractivity contribution < 1.29 is 14.3 Å². The van der Waals surface area contributed by atoms with Crippen LogP contribution in [0.3, 0.4) is 0 Å². The SMILES string of the molecule is CCCC(N)C(=O)Nc1ccc(OC)c(OCc2ccncc2)c1. The van der Waals surface area contributed by atoms with Crippen LogP contribution in [0, 0.1) is 0 Å². The summed E-state index contributed by atoms with van der Waals surface area (Å²) in [5.74, 6) is 0.943. The number of anilines is 1. The lowest BCUT2D eigenvalue weighted by atomic mass is 10.1. The normalized spacial score (nSPS) is 11.6. The van der Waals surface area contributed by atoms with Crippen molar-refractivity contribution in [2.45, 2.75) is 32.4 Å². The van der Waals surface area contributed by atoms with Crippen molar-refractivity contribution in [3.63, 3.8) is 0 Å². The fourth-order valence-electron chi connectivity index (χ4n) is 2.18. The molecule has 0 saturated carbocycles. The highest BCUT2D eigenvalue weighted by Crippen LogP contribution is 2.31. The molecule has 128 valence electrons. The van der Waals surface area contributed by atoms with Gasteiger partial charge in [0.05, 0.1) is 13.2 Å². The minimum Gasteiger partial charge on any atom is -0.493 e. The zero-order chi connectivity index (χ0) is 17.4. The summed E-state index contributed by atoms with van der Waals surface area (Å²) in [6.45, 7) is 2.37. The Bertz CT molecular complexity index is 662. The molecule has 0 fully saturated rings. The van der Waals surface area contributed by atoms with Crippen molar-refractivity contribution in [3.05, 3.63) is 48.3 Å². The highest BCUT2D eigenvalue weighted by molar-refractivity contribution is 5.94. The average molecular weight is 329 g/mol. The van der Waals surface area contributed by atoms with Crippen molar-refractivity contribution in [1.82, 2.24) is 4.98 Å². The van der Waals surface area contributed by atoms with Gasteiger partial charge in [-0.3, -0.25) is 9.78 Å². The number of ether oxygens (including phenoxy) is 2. The number of amides is 1. The molecule has 2 aromatic rings. The molecule has 24 heavy (non-hydrogen) atoms. The number of methoxy groups -OCH3 is 1. The molecule has 3 N–H and O–H groups in total. The number of hydrogen-bond acceptors (Lipinski definition) is 5. The minimum atomic E-state index is -0.515. The highest BCUT2D eigenvalue weighted by Gasteiger charge is 2.14. The Balaban J connectivity index is 2.08. The second kappa shape index (κ2) is 8.88. The third-order valence-electron chi connectivity index (χ3n) is 3.51. The quantitative estimate of drug-likeness (QED) is 0.777. The van der Waals surface area contributed by atoms with Gasteiger partial charge >= 0.3 is 0 Å². The Hall–Kier alpha value is -2.60. The summed E-state index contributed by atoms with van der Waals surface area (Å²) in [7, 11) is 1.57. The predicted molar refractivity (Wildman–Crippen MR) is 93.1 cm³/mol. The first-order chi connectivity index (χ1) is 11.6. The second-order valence-corrected chi connectivity index (χ2v) is 5.39. The van der Waals surface area contributed by atoms with Crippen LogP contribution >= 0.6 is 0 Å². The first kappa shape index (κ1) is 17.7. The second-order valence-electron chi connectivity index (χ2n) is 5.39. The van der Waals surface area contributed by atoms with E-state index in [0.717, 1.165) is 12.0 Å². The van der Waals surface area contributed by atoms with Crippen molar-refractivity contribution in [3.8, 4) is 11.5 Å². The van der Waals surface area contributed by atoms with Gasteiger partial charge in [-0.2, -0.15) is 0 Å². The van der Waals surface area contributed by atoms with Crippen LogP contribution < -0.4 is 20.5 Å². The highest BCUT2D eigenvalue weighted by atomic mass is 16.5. The third-order valence-corrected chi connectivity index (χ3v) is 3.51. The summed E-state index contributed by atoms with van der Waals surface area (Å²) in [6.07, 6.45) is 4.92. The van der Waals surface area contributed by atoms with Gasteiger partial charge in [-0.1, -0.05) is 13.3 Å². The molecule has 0 aliphatic carbocycles. The van der Waals surface area contributed by atoms with Crippen LogP contribution in [0.2, 0.25) is 0 Å². The van der Waals surface area contributed by atoms with E-state index in [0.29, 0.717) is 30.2 Å². The van der Waals surface area contributed by atoms with E-state index in [1.54, 1.807) is 37.7 Å². The van der Waals surface area contributed by atoms with Crippen LogP contribution in [0.1, 0.15) is 25.3 Å². The monoisotopic (exact) mass is 329 g/mol. The largest absolute Gasteiger partial charge is 0.493 e. The van der Waals surface area contributed by atoms with E-state index in [-0.39, 0.29) is 5.91 Å². The van der Waals surface area contributed by atoms with Gasteiger partial charge in [-0.25, -0.2) is 0 Å². The van der Waals surface area contributed by atoms with Gasteiger partial charge in [0.1, 0.15) is 6.61 Å². The molecule has 6 nitrogen and oxygen atoms in total. The Morgan fingerprint density at radius 1 is 1.25 bits per heavy atom. The Kier molecular flexibility index (Phi) is 6.57. The van der Waals surface area contributed by atoms with Crippen LogP contribution in [0.5, 0.6) is 11.5 Å². The number of pyridine rings is 1. The topological polar surface area (TPSA) is 86.5 Å². The maximum Gasteiger partial charge on any atom is 0.241 e. The molecule has 0 spiro atoms. The van der Waals surface area contributed by atoms with Gasteiger partial charge in [0, 0.05) is 24.1 Å². The molecule has 1 unspecified atom stereocenters. The number of nitrogens with two attached hydrogens (primary N) is 1. The van der Waals surface area contributed by atoms with Gasteiger partial charge < -0.3 is 20.5 Å². The lowest BCUT2D eigenvalue weighted by Gasteiger charge is -2.15. The van der Waals surface area contributed by atoms with E-state index in [1.165, 1.54) is 0 Å². The fraction of sp³-hybridized carbons (Fsp3) is 0.333. The van der Waals surface area contributed by atoms with Gasteiger partial charge in [0.2, 0.25) is 5.91 Å². The van der Waals surface area contributed by atoms with Crippen molar-refractivity contribution in [2.24, 2.45) is 5.73 Å². The van der Waals surface area contributed by atoms with E-state index in [9.17, 15) is 4.79 Å². The van der Waals surface area contributed by atoms with E-state index >= 15 is 0 Å². The summed E-state index contributed by atoms with van der Waals surface area (Å²) in [5.41, 5.74) is 7.44. The number of aromatic nitrogens is 1. The lowest BCUT2D eigenvalue weighted by molar-refractivity contribution is -0.117. The molecule has 0 aliphatic heterocycles. The Morgan fingerprint density at radius 2 is 2.00 bits per heavy atom. The van der Waals surface area contributed by atoms with Crippen LogP contribution in [0.4, 0.5) is 5.69 Å². The zero-order valence-corrected chi connectivity index (χ0v) is 14.0. The molecular formula is C18H23N3O3. The van der Waals surface area contributed by atoms with E-state index < -0.39 is 6.04 Å². The number of nitrogens with zero attached hydrogens (tertiary/aromatic N) is 1. The molecule has 1 heterocycles. The Morgan fingerprint density at radius 3 is 2.67 bits per heavy atom. The van der Waals surface area contributed by atoms with Crippen LogP contribution in [-0.4, -0.2) is 24.0 Å². The average Bonchev–Trinajstić information content (AvgIpc) is 2.61. The van der Waals surface area contributed by atoms with Gasteiger partial charge in [0.15, 0.2) is 11.5 Å². The summed E-state index contributed by atoms with van der Waals surface area (Å²) >= 11 is 0. The van der Waals surface area contributed by atoms with E-state index in [2.05, 4.69) is 10.3 Å². The molecule has 1 atom stereocenters. The van der Waals surface area contributed by atoms with Gasteiger partial charge in [-0.05, 0) is 36.2 Å². The number of benzene rings is 1. The number of hydrogen-bond donors (Lipinski definition) is 2. The van der Waals surface area contributed by atoms with Crippen molar-refractivity contribution in [2.75, 3.05) is 12.4 Å². The third kappa shape index (κ3) is 4.96. The summed E-state index contributed by atoms with van der Waals surface area (Å²) < 4.78 is 11.1. The molecule has 2 rings (SSSR count). The maximum atomic E-state index is 12.0. The molecule has 0 bridgehead atoms. The molecule has 0 radical (unpaired) electrons. The van der Waals surface area contributed by atoms with Gasteiger partial charge in [0.25, 0.3) is 0 Å². The van der Waals surface area contributed by atoms with Crippen molar-refractivity contribution >= 4 is 11.6 Å². The molecule has 1 aromatic heterocycles. The molecule has 1 amide bonds. The summed E-state index contributed by atoms with van der Waals surface area (Å²) in [4.78, 5) is 16.0. The van der Waals surface area contributed by atoms with E-state index in [1.807, 2.05) is 19.1 Å². The lowest BCUT2D eigenvalue weighted by Crippen LogP contribution is -2.35. The predicted octanol–water partition coefficient (Wildman–Crippen LogP) is 2.74. The van der Waals surface area contributed by atoms with E-state index in [4.69, 9.17) is 15.2 Å². The van der Waals surface area contributed by atoms with Gasteiger partial charge in [-0.15, -0.1) is 0 Å². The Labute approximate surface area is 142 Å². The zero-order valence-electron chi connectivity index (χ0n) is 14.0. The molecular weight excluding hydrogens is 306 g/mol. The van der Waals surface area contributed by atoms with Crippen molar-refractivity contribution in [1.29, 1.82) is 0 Å². The number of carbonyl (C=O) groups is 1. The number of nitrogens with one attached hydrogen (secondary N) is 1. The minimum absolute atomic E-state index is 0.206. The first-order valence-electron chi connectivity index (χ1n) is 7.90.